The Morgan fingerprint density at radius 2 is 1.50 bits per heavy atom. The second-order valence-electron chi connectivity index (χ2n) is 4.12. The maximum Gasteiger partial charge on any atom is 0.339 e. The standard InChI is InChI=1S/C14H14O3S/c1-11-7-9-13(10-8-11)18(15,16)17-14-6-4-3-5-12(14)2/h3-10H,1-2H3. The number of hydrogen-bond donors (Lipinski definition) is 0. The molecule has 0 aliphatic heterocycles. The highest BCUT2D eigenvalue weighted by atomic mass is 32.2. The SMILES string of the molecule is Cc1ccc(S(=O)(=O)Oc2ccccc2C)cc1. The van der Waals surface area contributed by atoms with Crippen molar-refractivity contribution in [3.63, 3.8) is 0 Å². The van der Waals surface area contributed by atoms with E-state index in [0.717, 1.165) is 11.1 Å². The summed E-state index contributed by atoms with van der Waals surface area (Å²) in [6.07, 6.45) is 0. The zero-order valence-electron chi connectivity index (χ0n) is 10.3. The Morgan fingerprint density at radius 1 is 0.889 bits per heavy atom. The maximum absolute atomic E-state index is 12.0. The Hall–Kier alpha value is -1.81. The van der Waals surface area contributed by atoms with Crippen LogP contribution in [-0.4, -0.2) is 8.42 Å². The molecule has 0 radical (unpaired) electrons. The Morgan fingerprint density at radius 3 is 2.11 bits per heavy atom. The summed E-state index contributed by atoms with van der Waals surface area (Å²) in [7, 11) is -3.75. The highest BCUT2D eigenvalue weighted by Gasteiger charge is 2.16. The molecule has 0 fully saturated rings. The summed E-state index contributed by atoms with van der Waals surface area (Å²) in [5.74, 6) is 0.359. The van der Waals surface area contributed by atoms with Crippen LogP contribution in [0.3, 0.4) is 0 Å². The lowest BCUT2D eigenvalue weighted by molar-refractivity contribution is 0.484. The molecule has 0 saturated heterocycles. The van der Waals surface area contributed by atoms with Crippen LogP contribution in [0, 0.1) is 13.8 Å². The third-order valence-corrected chi connectivity index (χ3v) is 3.85. The second-order valence-corrected chi connectivity index (χ2v) is 5.66. The molecule has 0 aliphatic rings. The molecule has 0 aromatic heterocycles. The third-order valence-electron chi connectivity index (χ3n) is 2.60. The second kappa shape index (κ2) is 4.82. The summed E-state index contributed by atoms with van der Waals surface area (Å²) < 4.78 is 29.2. The molecule has 0 saturated carbocycles. The Bertz CT molecular complexity index is 643. The van der Waals surface area contributed by atoms with E-state index in [0.29, 0.717) is 5.75 Å². The largest absolute Gasteiger partial charge is 0.379 e. The minimum atomic E-state index is -3.75. The number of aryl methyl sites for hydroxylation is 2. The van der Waals surface area contributed by atoms with Crippen molar-refractivity contribution in [1.82, 2.24) is 0 Å². The topological polar surface area (TPSA) is 43.4 Å². The van der Waals surface area contributed by atoms with Gasteiger partial charge in [0.2, 0.25) is 0 Å². The molecular formula is C14H14O3S. The quantitative estimate of drug-likeness (QED) is 0.798. The van der Waals surface area contributed by atoms with Gasteiger partial charge in [-0.05, 0) is 37.6 Å². The average Bonchev–Trinajstić information content (AvgIpc) is 2.32. The van der Waals surface area contributed by atoms with Crippen molar-refractivity contribution in [1.29, 1.82) is 0 Å². The van der Waals surface area contributed by atoms with Gasteiger partial charge in [0, 0.05) is 0 Å². The lowest BCUT2D eigenvalue weighted by atomic mass is 10.2. The van der Waals surface area contributed by atoms with Gasteiger partial charge in [-0.1, -0.05) is 35.9 Å². The summed E-state index contributed by atoms with van der Waals surface area (Å²) in [6, 6.07) is 13.6. The molecule has 0 spiro atoms. The van der Waals surface area contributed by atoms with Gasteiger partial charge >= 0.3 is 10.1 Å². The zero-order valence-corrected chi connectivity index (χ0v) is 11.1. The van der Waals surface area contributed by atoms with Crippen molar-refractivity contribution in [2.45, 2.75) is 18.7 Å². The van der Waals surface area contributed by atoms with Crippen molar-refractivity contribution in [3.05, 3.63) is 59.7 Å². The molecule has 0 bridgehead atoms. The van der Waals surface area contributed by atoms with Crippen molar-refractivity contribution >= 4 is 10.1 Å². The van der Waals surface area contributed by atoms with Crippen LogP contribution in [-0.2, 0) is 10.1 Å². The zero-order chi connectivity index (χ0) is 13.2. The van der Waals surface area contributed by atoms with Gasteiger partial charge in [0.15, 0.2) is 0 Å². The molecule has 0 unspecified atom stereocenters. The van der Waals surface area contributed by atoms with Gasteiger partial charge in [0.25, 0.3) is 0 Å². The Labute approximate surface area is 107 Å². The van der Waals surface area contributed by atoms with Crippen molar-refractivity contribution in [2.75, 3.05) is 0 Å². The van der Waals surface area contributed by atoms with Crippen molar-refractivity contribution in [2.24, 2.45) is 0 Å². The predicted octanol–water partition coefficient (Wildman–Crippen LogP) is 3.07. The highest BCUT2D eigenvalue weighted by Crippen LogP contribution is 2.22. The molecular weight excluding hydrogens is 248 g/mol. The van der Waals surface area contributed by atoms with Crippen LogP contribution in [0.1, 0.15) is 11.1 Å². The number of benzene rings is 2. The van der Waals surface area contributed by atoms with Crippen LogP contribution in [0.5, 0.6) is 5.75 Å². The number of para-hydroxylation sites is 1. The van der Waals surface area contributed by atoms with E-state index >= 15 is 0 Å². The minimum Gasteiger partial charge on any atom is -0.379 e. The molecule has 2 aromatic rings. The van der Waals surface area contributed by atoms with Gasteiger partial charge in [0.05, 0.1) is 0 Å². The van der Waals surface area contributed by atoms with E-state index in [1.54, 1.807) is 49.4 Å². The molecule has 2 aromatic carbocycles. The summed E-state index contributed by atoms with van der Waals surface area (Å²) >= 11 is 0. The van der Waals surface area contributed by atoms with Crippen LogP contribution >= 0.6 is 0 Å². The Kier molecular flexibility index (Phi) is 3.39. The first kappa shape index (κ1) is 12.6. The Balaban J connectivity index is 2.33. The summed E-state index contributed by atoms with van der Waals surface area (Å²) in [5, 5.41) is 0. The number of hydrogen-bond acceptors (Lipinski definition) is 3. The first-order valence-electron chi connectivity index (χ1n) is 5.56. The number of rotatable bonds is 3. The van der Waals surface area contributed by atoms with Crippen LogP contribution in [0.15, 0.2) is 53.4 Å². The van der Waals surface area contributed by atoms with Crippen LogP contribution in [0.2, 0.25) is 0 Å². The van der Waals surface area contributed by atoms with Crippen molar-refractivity contribution < 1.29 is 12.6 Å². The normalized spacial score (nSPS) is 11.2. The van der Waals surface area contributed by atoms with Gasteiger partial charge in [-0.3, -0.25) is 0 Å². The van der Waals surface area contributed by atoms with E-state index in [1.807, 2.05) is 13.0 Å². The van der Waals surface area contributed by atoms with E-state index < -0.39 is 10.1 Å². The van der Waals surface area contributed by atoms with Gasteiger partial charge in [-0.25, -0.2) is 0 Å². The molecule has 0 heterocycles. The van der Waals surface area contributed by atoms with Crippen LogP contribution < -0.4 is 4.18 Å². The minimum absolute atomic E-state index is 0.163. The first-order valence-corrected chi connectivity index (χ1v) is 6.97. The van der Waals surface area contributed by atoms with Crippen LogP contribution in [0.25, 0.3) is 0 Å². The monoisotopic (exact) mass is 262 g/mol. The molecule has 2 rings (SSSR count). The van der Waals surface area contributed by atoms with Crippen LogP contribution in [0.4, 0.5) is 0 Å². The summed E-state index contributed by atoms with van der Waals surface area (Å²) in [4.78, 5) is 0.163. The fourth-order valence-corrected chi connectivity index (χ4v) is 2.51. The third kappa shape index (κ3) is 2.71. The lowest BCUT2D eigenvalue weighted by Gasteiger charge is -2.09. The molecule has 0 amide bonds. The van der Waals surface area contributed by atoms with Gasteiger partial charge < -0.3 is 4.18 Å². The predicted molar refractivity (Wildman–Crippen MR) is 70.2 cm³/mol. The summed E-state index contributed by atoms with van der Waals surface area (Å²) in [6.45, 7) is 3.71. The maximum atomic E-state index is 12.0. The fourth-order valence-electron chi connectivity index (χ4n) is 1.52. The smallest absolute Gasteiger partial charge is 0.339 e. The van der Waals surface area contributed by atoms with E-state index in [-0.39, 0.29) is 4.90 Å². The summed E-state index contributed by atoms with van der Waals surface area (Å²) in [5.41, 5.74) is 1.79. The molecule has 3 nitrogen and oxygen atoms in total. The van der Waals surface area contributed by atoms with E-state index in [2.05, 4.69) is 0 Å². The molecule has 94 valence electrons. The van der Waals surface area contributed by atoms with Gasteiger partial charge in [-0.15, -0.1) is 0 Å². The fraction of sp³-hybridized carbons (Fsp3) is 0.143. The van der Waals surface area contributed by atoms with Crippen molar-refractivity contribution in [3.8, 4) is 5.75 Å². The molecule has 0 atom stereocenters. The molecule has 4 heteroatoms. The van der Waals surface area contributed by atoms with Gasteiger partial charge in [0.1, 0.15) is 10.6 Å². The van der Waals surface area contributed by atoms with E-state index in [1.165, 1.54) is 0 Å². The molecule has 0 N–H and O–H groups in total. The van der Waals surface area contributed by atoms with Gasteiger partial charge in [-0.2, -0.15) is 8.42 Å². The van der Waals surface area contributed by atoms with E-state index in [4.69, 9.17) is 4.18 Å². The lowest BCUT2D eigenvalue weighted by Crippen LogP contribution is -2.10. The van der Waals surface area contributed by atoms with E-state index in [9.17, 15) is 8.42 Å². The first-order chi connectivity index (χ1) is 8.49. The average molecular weight is 262 g/mol. The molecule has 18 heavy (non-hydrogen) atoms. The molecule has 0 aliphatic carbocycles. The highest BCUT2D eigenvalue weighted by molar-refractivity contribution is 7.87.